The van der Waals surface area contributed by atoms with Crippen molar-refractivity contribution in [2.75, 3.05) is 11.9 Å². The lowest BCUT2D eigenvalue weighted by Gasteiger charge is -2.23. The number of pyridine rings is 1. The molecule has 4 rings (SSSR count). The molecule has 1 aliphatic carbocycles. The smallest absolute Gasteiger partial charge is 0.157 e. The van der Waals surface area contributed by atoms with E-state index in [0.717, 1.165) is 48.1 Å². The number of imidazole rings is 1. The van der Waals surface area contributed by atoms with E-state index in [-0.39, 0.29) is 0 Å². The highest BCUT2D eigenvalue weighted by Gasteiger charge is 2.24. The second kappa shape index (κ2) is 8.65. The highest BCUT2D eigenvalue weighted by molar-refractivity contribution is 5.86. The number of nitriles is 1. The summed E-state index contributed by atoms with van der Waals surface area (Å²) in [6.07, 6.45) is 12.2. The van der Waals surface area contributed by atoms with Crippen molar-refractivity contribution >= 4 is 22.5 Å². The third-order valence-corrected chi connectivity index (χ3v) is 6.00. The summed E-state index contributed by atoms with van der Waals surface area (Å²) in [4.78, 5) is 4.83. The Labute approximate surface area is 167 Å². The van der Waals surface area contributed by atoms with Gasteiger partial charge in [-0.15, -0.1) is 0 Å². The number of unbranched alkanes of at least 4 members (excludes halogenated alkanes) is 5. The Hall–Kier alpha value is -2.54. The number of benzene rings is 1. The van der Waals surface area contributed by atoms with E-state index in [0.29, 0.717) is 0 Å². The van der Waals surface area contributed by atoms with E-state index in [1.807, 2.05) is 12.1 Å². The van der Waals surface area contributed by atoms with Crippen LogP contribution in [0.1, 0.15) is 75.0 Å². The third-order valence-electron chi connectivity index (χ3n) is 6.00. The SMILES string of the molecule is CCCCCCCCNc1c2c(c(C#N)c3nc4ccccc4n13)CCCC2. The summed E-state index contributed by atoms with van der Waals surface area (Å²) < 4.78 is 2.20. The Morgan fingerprint density at radius 3 is 2.61 bits per heavy atom. The first-order valence-corrected chi connectivity index (χ1v) is 10.9. The van der Waals surface area contributed by atoms with Crippen LogP contribution in [0.2, 0.25) is 0 Å². The number of para-hydroxylation sites is 2. The van der Waals surface area contributed by atoms with Crippen molar-refractivity contribution in [3.63, 3.8) is 0 Å². The van der Waals surface area contributed by atoms with Gasteiger partial charge in [0, 0.05) is 6.54 Å². The average Bonchev–Trinajstić information content (AvgIpc) is 3.11. The fourth-order valence-corrected chi connectivity index (χ4v) is 4.55. The zero-order valence-electron chi connectivity index (χ0n) is 16.9. The standard InChI is InChI=1S/C24H30N4/c1-2-3-4-5-6-11-16-26-23-19-13-8-7-12-18(19)20(17-25)24-27-21-14-9-10-15-22(21)28(23)24/h9-10,14-15,26H,2-8,11-13,16H2,1H3. The molecule has 2 heterocycles. The van der Waals surface area contributed by atoms with Gasteiger partial charge in [-0.25, -0.2) is 4.98 Å². The molecule has 28 heavy (non-hydrogen) atoms. The van der Waals surface area contributed by atoms with Gasteiger partial charge in [0.25, 0.3) is 0 Å². The maximum atomic E-state index is 9.90. The molecule has 0 saturated heterocycles. The van der Waals surface area contributed by atoms with Crippen molar-refractivity contribution in [2.24, 2.45) is 0 Å². The van der Waals surface area contributed by atoms with Crippen LogP contribution in [-0.4, -0.2) is 15.9 Å². The molecule has 0 amide bonds. The lowest BCUT2D eigenvalue weighted by Crippen LogP contribution is -2.16. The molecular weight excluding hydrogens is 344 g/mol. The zero-order chi connectivity index (χ0) is 19.3. The summed E-state index contributed by atoms with van der Waals surface area (Å²) in [7, 11) is 0. The van der Waals surface area contributed by atoms with E-state index in [9.17, 15) is 5.26 Å². The van der Waals surface area contributed by atoms with Crippen LogP contribution in [0.5, 0.6) is 0 Å². The molecule has 2 aromatic heterocycles. The van der Waals surface area contributed by atoms with Crippen LogP contribution < -0.4 is 5.32 Å². The van der Waals surface area contributed by atoms with Crippen LogP contribution in [0.4, 0.5) is 5.82 Å². The maximum absolute atomic E-state index is 9.90. The largest absolute Gasteiger partial charge is 0.371 e. The number of nitrogens with one attached hydrogen (secondary N) is 1. The van der Waals surface area contributed by atoms with Crippen LogP contribution >= 0.6 is 0 Å². The van der Waals surface area contributed by atoms with Gasteiger partial charge in [0.15, 0.2) is 5.65 Å². The van der Waals surface area contributed by atoms with Crippen molar-refractivity contribution in [1.82, 2.24) is 9.38 Å². The predicted octanol–water partition coefficient (Wildman–Crippen LogP) is 6.01. The van der Waals surface area contributed by atoms with Crippen LogP contribution in [-0.2, 0) is 12.8 Å². The van der Waals surface area contributed by atoms with E-state index in [4.69, 9.17) is 4.98 Å². The molecule has 0 atom stereocenters. The van der Waals surface area contributed by atoms with Gasteiger partial charge in [-0.1, -0.05) is 51.2 Å². The van der Waals surface area contributed by atoms with E-state index in [2.05, 4.69) is 34.8 Å². The Morgan fingerprint density at radius 1 is 1.04 bits per heavy atom. The number of rotatable bonds is 8. The maximum Gasteiger partial charge on any atom is 0.157 e. The van der Waals surface area contributed by atoms with Gasteiger partial charge >= 0.3 is 0 Å². The zero-order valence-corrected chi connectivity index (χ0v) is 16.9. The topological polar surface area (TPSA) is 53.1 Å². The van der Waals surface area contributed by atoms with E-state index in [1.54, 1.807) is 0 Å². The molecule has 0 radical (unpaired) electrons. The summed E-state index contributed by atoms with van der Waals surface area (Å²) in [6.45, 7) is 3.24. The molecule has 0 spiro atoms. The molecular formula is C24H30N4. The number of nitrogens with zero attached hydrogens (tertiary/aromatic N) is 3. The number of aromatic nitrogens is 2. The Kier molecular flexibility index (Phi) is 5.81. The van der Waals surface area contributed by atoms with E-state index >= 15 is 0 Å². The van der Waals surface area contributed by atoms with Crippen molar-refractivity contribution in [3.8, 4) is 6.07 Å². The lowest BCUT2D eigenvalue weighted by atomic mass is 9.89. The summed E-state index contributed by atoms with van der Waals surface area (Å²) in [5.41, 5.74) is 6.20. The summed E-state index contributed by atoms with van der Waals surface area (Å²) in [5, 5.41) is 13.7. The molecule has 4 heteroatoms. The predicted molar refractivity (Wildman–Crippen MR) is 116 cm³/mol. The number of hydrogen-bond donors (Lipinski definition) is 1. The van der Waals surface area contributed by atoms with Gasteiger partial charge in [-0.2, -0.15) is 5.26 Å². The molecule has 146 valence electrons. The van der Waals surface area contributed by atoms with Crippen LogP contribution in [0.3, 0.4) is 0 Å². The number of hydrogen-bond acceptors (Lipinski definition) is 3. The fourth-order valence-electron chi connectivity index (χ4n) is 4.55. The van der Waals surface area contributed by atoms with Crippen LogP contribution in [0.25, 0.3) is 16.7 Å². The molecule has 3 aromatic rings. The Balaban J connectivity index is 1.71. The lowest BCUT2D eigenvalue weighted by molar-refractivity contribution is 0.616. The molecule has 0 unspecified atom stereocenters. The van der Waals surface area contributed by atoms with Crippen molar-refractivity contribution in [1.29, 1.82) is 5.26 Å². The molecule has 0 bridgehead atoms. The van der Waals surface area contributed by atoms with Gasteiger partial charge in [-0.3, -0.25) is 4.40 Å². The number of fused-ring (bicyclic) bond motifs is 4. The van der Waals surface area contributed by atoms with Gasteiger partial charge in [0.1, 0.15) is 11.9 Å². The van der Waals surface area contributed by atoms with E-state index in [1.165, 1.54) is 61.9 Å². The van der Waals surface area contributed by atoms with Gasteiger partial charge in [0.05, 0.1) is 16.6 Å². The minimum atomic E-state index is 0.774. The molecule has 0 fully saturated rings. The summed E-state index contributed by atoms with van der Waals surface area (Å²) in [6, 6.07) is 10.7. The van der Waals surface area contributed by atoms with Gasteiger partial charge < -0.3 is 5.32 Å². The average molecular weight is 375 g/mol. The van der Waals surface area contributed by atoms with Crippen molar-refractivity contribution in [3.05, 3.63) is 41.0 Å². The first-order chi connectivity index (χ1) is 13.8. The first-order valence-electron chi connectivity index (χ1n) is 10.9. The molecule has 1 N–H and O–H groups in total. The minimum absolute atomic E-state index is 0.774. The molecule has 0 saturated carbocycles. The Morgan fingerprint density at radius 2 is 1.79 bits per heavy atom. The van der Waals surface area contributed by atoms with Gasteiger partial charge in [-0.05, 0) is 55.4 Å². The second-order valence-corrected chi connectivity index (χ2v) is 7.95. The number of anilines is 1. The molecule has 0 aliphatic heterocycles. The third kappa shape index (κ3) is 3.46. The summed E-state index contributed by atoms with van der Waals surface area (Å²) in [5.74, 6) is 1.17. The normalized spacial score (nSPS) is 13.6. The fraction of sp³-hybridized carbons (Fsp3) is 0.500. The summed E-state index contributed by atoms with van der Waals surface area (Å²) >= 11 is 0. The van der Waals surface area contributed by atoms with Gasteiger partial charge in [0.2, 0.25) is 0 Å². The molecule has 4 nitrogen and oxygen atoms in total. The Bertz CT molecular complexity index is 1010. The van der Waals surface area contributed by atoms with Crippen molar-refractivity contribution < 1.29 is 0 Å². The highest BCUT2D eigenvalue weighted by atomic mass is 15.1. The van der Waals surface area contributed by atoms with E-state index < -0.39 is 0 Å². The monoisotopic (exact) mass is 374 g/mol. The molecule has 1 aromatic carbocycles. The first kappa shape index (κ1) is 18.8. The van der Waals surface area contributed by atoms with Crippen LogP contribution in [0.15, 0.2) is 24.3 Å². The molecule has 1 aliphatic rings. The minimum Gasteiger partial charge on any atom is -0.371 e. The highest BCUT2D eigenvalue weighted by Crippen LogP contribution is 2.35. The van der Waals surface area contributed by atoms with Crippen LogP contribution in [0, 0.1) is 11.3 Å². The quantitative estimate of drug-likeness (QED) is 0.491. The van der Waals surface area contributed by atoms with Crippen molar-refractivity contribution in [2.45, 2.75) is 71.1 Å². The second-order valence-electron chi connectivity index (χ2n) is 7.95.